The first-order chi connectivity index (χ1) is 9.25. The highest BCUT2D eigenvalue weighted by atomic mass is 19.1. The summed E-state index contributed by atoms with van der Waals surface area (Å²) in [6.45, 7) is 1.68. The smallest absolute Gasteiger partial charge is 0.138 e. The predicted molar refractivity (Wildman–Crippen MR) is 72.0 cm³/mol. The van der Waals surface area contributed by atoms with E-state index in [4.69, 9.17) is 5.73 Å². The molecule has 1 aromatic carbocycles. The van der Waals surface area contributed by atoms with E-state index in [-0.39, 0.29) is 5.82 Å². The molecule has 0 spiro atoms. The van der Waals surface area contributed by atoms with Gasteiger partial charge in [0.15, 0.2) is 0 Å². The van der Waals surface area contributed by atoms with E-state index in [9.17, 15) is 4.39 Å². The minimum absolute atomic E-state index is 0.284. The van der Waals surface area contributed by atoms with E-state index in [2.05, 4.69) is 15.4 Å². The number of aromatic nitrogens is 2. The van der Waals surface area contributed by atoms with Gasteiger partial charge in [-0.1, -0.05) is 0 Å². The van der Waals surface area contributed by atoms with E-state index in [0.29, 0.717) is 5.82 Å². The topological polar surface area (TPSA) is 68.2 Å². The van der Waals surface area contributed by atoms with Gasteiger partial charge in [0.1, 0.15) is 17.5 Å². The number of aliphatic imine (C=N–C) groups is 1. The summed E-state index contributed by atoms with van der Waals surface area (Å²) in [5.74, 6) is 0.991. The second-order valence-corrected chi connectivity index (χ2v) is 4.34. The number of rotatable bonds is 2. The molecular formula is C13H14FN5. The highest BCUT2D eigenvalue weighted by molar-refractivity contribution is 6.02. The molecule has 0 aliphatic carbocycles. The van der Waals surface area contributed by atoms with E-state index < -0.39 is 0 Å². The zero-order valence-electron chi connectivity index (χ0n) is 10.3. The van der Waals surface area contributed by atoms with Crippen LogP contribution in [0.4, 0.5) is 10.2 Å². The normalized spacial score (nSPS) is 14.9. The van der Waals surface area contributed by atoms with Crippen molar-refractivity contribution in [3.05, 3.63) is 41.8 Å². The quantitative estimate of drug-likeness (QED) is 0.855. The Labute approximate surface area is 110 Å². The van der Waals surface area contributed by atoms with E-state index >= 15 is 0 Å². The van der Waals surface area contributed by atoms with Gasteiger partial charge in [0.25, 0.3) is 0 Å². The second kappa shape index (κ2) is 4.72. The van der Waals surface area contributed by atoms with Gasteiger partial charge in [-0.25, -0.2) is 9.07 Å². The molecule has 3 rings (SSSR count). The average Bonchev–Trinajstić information content (AvgIpc) is 2.83. The molecule has 1 aromatic heterocycles. The summed E-state index contributed by atoms with van der Waals surface area (Å²) in [4.78, 5) is 4.39. The number of halogens is 1. The summed E-state index contributed by atoms with van der Waals surface area (Å²) in [6.07, 6.45) is 2.70. The van der Waals surface area contributed by atoms with Gasteiger partial charge >= 0.3 is 0 Å². The Morgan fingerprint density at radius 3 is 2.74 bits per heavy atom. The Bertz CT molecular complexity index is 614. The van der Waals surface area contributed by atoms with Crippen LogP contribution in [0.15, 0.2) is 35.5 Å². The van der Waals surface area contributed by atoms with Gasteiger partial charge in [-0.3, -0.25) is 4.99 Å². The zero-order valence-corrected chi connectivity index (χ0v) is 10.3. The molecule has 0 atom stereocenters. The minimum atomic E-state index is -0.284. The van der Waals surface area contributed by atoms with Crippen molar-refractivity contribution in [3.8, 4) is 5.69 Å². The van der Waals surface area contributed by atoms with Crippen LogP contribution in [-0.4, -0.2) is 28.7 Å². The summed E-state index contributed by atoms with van der Waals surface area (Å²) in [5, 5.41) is 7.45. The third-order valence-electron chi connectivity index (χ3n) is 3.03. The lowest BCUT2D eigenvalue weighted by Gasteiger charge is -2.14. The molecule has 5 nitrogen and oxygen atoms in total. The Hall–Kier alpha value is -2.37. The van der Waals surface area contributed by atoms with Crippen molar-refractivity contribution in [1.29, 1.82) is 0 Å². The predicted octanol–water partition coefficient (Wildman–Crippen LogP) is 1.33. The zero-order chi connectivity index (χ0) is 13.2. The summed E-state index contributed by atoms with van der Waals surface area (Å²) in [5.41, 5.74) is 7.60. The van der Waals surface area contributed by atoms with E-state index in [1.165, 1.54) is 12.1 Å². The fourth-order valence-electron chi connectivity index (χ4n) is 2.04. The van der Waals surface area contributed by atoms with Gasteiger partial charge in [0.05, 0.1) is 17.4 Å². The number of amidine groups is 1. The number of benzene rings is 1. The van der Waals surface area contributed by atoms with Crippen molar-refractivity contribution in [2.24, 2.45) is 4.99 Å². The van der Waals surface area contributed by atoms with Crippen molar-refractivity contribution >= 4 is 11.7 Å². The van der Waals surface area contributed by atoms with Crippen molar-refractivity contribution in [2.45, 2.75) is 6.42 Å². The molecule has 6 heteroatoms. The molecule has 1 aliphatic rings. The molecule has 1 aliphatic heterocycles. The van der Waals surface area contributed by atoms with E-state index in [0.717, 1.165) is 36.6 Å². The minimum Gasteiger partial charge on any atom is -0.383 e. The van der Waals surface area contributed by atoms with Crippen molar-refractivity contribution in [2.75, 3.05) is 18.8 Å². The number of nitrogens with one attached hydrogen (secondary N) is 1. The number of nitrogens with zero attached hydrogens (tertiary/aromatic N) is 3. The van der Waals surface area contributed by atoms with E-state index in [1.807, 2.05) is 0 Å². The first kappa shape index (κ1) is 11.7. The van der Waals surface area contributed by atoms with Crippen LogP contribution in [0.3, 0.4) is 0 Å². The van der Waals surface area contributed by atoms with Crippen LogP contribution in [0.1, 0.15) is 12.0 Å². The van der Waals surface area contributed by atoms with Gasteiger partial charge in [0, 0.05) is 13.1 Å². The van der Waals surface area contributed by atoms with Gasteiger partial charge in [-0.15, -0.1) is 0 Å². The average molecular weight is 259 g/mol. The van der Waals surface area contributed by atoms with Crippen molar-refractivity contribution < 1.29 is 4.39 Å². The molecule has 98 valence electrons. The molecular weight excluding hydrogens is 245 g/mol. The number of hydrogen-bond acceptors (Lipinski definition) is 4. The standard InChI is InChI=1S/C13H14FN5/c14-9-2-4-10(5-3-9)19-12(15)11(8-18-19)13-16-6-1-7-17-13/h2-5,8H,1,6-7,15H2,(H,16,17). The van der Waals surface area contributed by atoms with Gasteiger partial charge < -0.3 is 11.1 Å². The lowest BCUT2D eigenvalue weighted by Crippen LogP contribution is -2.30. The molecule has 2 aromatic rings. The van der Waals surface area contributed by atoms with Crippen LogP contribution in [0.2, 0.25) is 0 Å². The van der Waals surface area contributed by atoms with Crippen LogP contribution in [0.5, 0.6) is 0 Å². The molecule has 3 N–H and O–H groups in total. The Balaban J connectivity index is 1.98. The highest BCUT2D eigenvalue weighted by Gasteiger charge is 2.15. The Morgan fingerprint density at radius 2 is 2.05 bits per heavy atom. The molecule has 0 fully saturated rings. The fraction of sp³-hybridized carbons (Fsp3) is 0.231. The second-order valence-electron chi connectivity index (χ2n) is 4.34. The Kier molecular flexibility index (Phi) is 2.91. The largest absolute Gasteiger partial charge is 0.383 e. The number of nitrogens with two attached hydrogens (primary N) is 1. The van der Waals surface area contributed by atoms with Crippen LogP contribution in [-0.2, 0) is 0 Å². The third-order valence-corrected chi connectivity index (χ3v) is 3.03. The van der Waals surface area contributed by atoms with Crippen LogP contribution in [0, 0.1) is 5.82 Å². The maximum Gasteiger partial charge on any atom is 0.138 e. The SMILES string of the molecule is Nc1c(C2=NCCCN2)cnn1-c1ccc(F)cc1. The lowest BCUT2D eigenvalue weighted by molar-refractivity contribution is 0.627. The summed E-state index contributed by atoms with van der Waals surface area (Å²) in [7, 11) is 0. The van der Waals surface area contributed by atoms with Crippen LogP contribution >= 0.6 is 0 Å². The first-order valence-corrected chi connectivity index (χ1v) is 6.14. The third kappa shape index (κ3) is 2.16. The molecule has 2 heterocycles. The van der Waals surface area contributed by atoms with E-state index in [1.54, 1.807) is 23.0 Å². The van der Waals surface area contributed by atoms with Gasteiger partial charge in [-0.05, 0) is 30.7 Å². The van der Waals surface area contributed by atoms with Gasteiger partial charge in [-0.2, -0.15) is 5.10 Å². The van der Waals surface area contributed by atoms with Crippen molar-refractivity contribution in [3.63, 3.8) is 0 Å². The summed E-state index contributed by atoms with van der Waals surface area (Å²) in [6, 6.07) is 6.04. The van der Waals surface area contributed by atoms with Crippen LogP contribution in [0.25, 0.3) is 5.69 Å². The molecule has 0 unspecified atom stereocenters. The maximum atomic E-state index is 12.9. The lowest BCUT2D eigenvalue weighted by atomic mass is 10.2. The van der Waals surface area contributed by atoms with Crippen LogP contribution < -0.4 is 11.1 Å². The molecule has 0 saturated heterocycles. The maximum absolute atomic E-state index is 12.9. The number of nitrogen functional groups attached to an aromatic ring is 1. The summed E-state index contributed by atoms with van der Waals surface area (Å²) < 4.78 is 14.5. The molecule has 0 saturated carbocycles. The molecule has 0 radical (unpaired) electrons. The molecule has 0 amide bonds. The first-order valence-electron chi connectivity index (χ1n) is 6.14. The number of anilines is 1. The number of hydrogen-bond donors (Lipinski definition) is 2. The van der Waals surface area contributed by atoms with Gasteiger partial charge in [0.2, 0.25) is 0 Å². The molecule has 0 bridgehead atoms. The monoisotopic (exact) mass is 259 g/mol. The highest BCUT2D eigenvalue weighted by Crippen LogP contribution is 2.18. The molecule has 19 heavy (non-hydrogen) atoms. The Morgan fingerprint density at radius 1 is 1.26 bits per heavy atom. The fourth-order valence-corrected chi connectivity index (χ4v) is 2.04. The van der Waals surface area contributed by atoms with Crippen molar-refractivity contribution in [1.82, 2.24) is 15.1 Å². The summed E-state index contributed by atoms with van der Waals surface area (Å²) >= 11 is 0.